The lowest BCUT2D eigenvalue weighted by atomic mass is 10.0. The number of carbonyl (C=O) groups is 2. The van der Waals surface area contributed by atoms with Gasteiger partial charge in [-0.2, -0.15) is 0 Å². The number of carbonyl (C=O) groups excluding carboxylic acids is 1. The third-order valence-corrected chi connectivity index (χ3v) is 5.52. The maximum atomic E-state index is 12.3. The second-order valence-electron chi connectivity index (χ2n) is 5.69. The van der Waals surface area contributed by atoms with Crippen molar-refractivity contribution in [1.29, 1.82) is 0 Å². The molecular formula is C16H25N3O5S. The molecule has 1 amide bonds. The van der Waals surface area contributed by atoms with E-state index in [2.05, 4.69) is 14.9 Å². The normalized spacial score (nSPS) is 17.9. The fraction of sp³-hybridized carbons (Fsp3) is 0.500. The van der Waals surface area contributed by atoms with E-state index in [1.54, 1.807) is 0 Å². The summed E-state index contributed by atoms with van der Waals surface area (Å²) >= 11 is 0. The molecule has 0 aromatic heterocycles. The van der Waals surface area contributed by atoms with Crippen molar-refractivity contribution in [2.75, 3.05) is 27.2 Å². The topological polar surface area (TPSA) is 116 Å². The van der Waals surface area contributed by atoms with Crippen LogP contribution >= 0.6 is 0 Å². The average molecular weight is 371 g/mol. The van der Waals surface area contributed by atoms with Crippen molar-refractivity contribution in [3.8, 4) is 0 Å². The minimum absolute atomic E-state index is 0.179. The van der Waals surface area contributed by atoms with Gasteiger partial charge in [0.25, 0.3) is 12.4 Å². The maximum Gasteiger partial charge on any atom is 0.290 e. The molecule has 9 heteroatoms. The lowest BCUT2D eigenvalue weighted by Gasteiger charge is -2.32. The Morgan fingerprint density at radius 1 is 1.32 bits per heavy atom. The van der Waals surface area contributed by atoms with Crippen LogP contribution in [0.2, 0.25) is 0 Å². The molecule has 1 aromatic rings. The first-order chi connectivity index (χ1) is 11.9. The van der Waals surface area contributed by atoms with Gasteiger partial charge < -0.3 is 15.3 Å². The molecule has 0 aliphatic carbocycles. The van der Waals surface area contributed by atoms with Crippen LogP contribution in [0.1, 0.15) is 29.6 Å². The lowest BCUT2D eigenvalue weighted by molar-refractivity contribution is -0.122. The Bertz CT molecular complexity index is 661. The molecule has 0 bridgehead atoms. The molecule has 1 heterocycles. The highest BCUT2D eigenvalue weighted by Crippen LogP contribution is 2.16. The number of nitrogens with one attached hydrogen (secondary N) is 2. The zero-order valence-corrected chi connectivity index (χ0v) is 15.3. The first kappa shape index (κ1) is 21.1. The summed E-state index contributed by atoms with van der Waals surface area (Å²) in [7, 11) is 0.0204. The third-order valence-electron chi connectivity index (χ3n) is 4.08. The summed E-state index contributed by atoms with van der Waals surface area (Å²) in [6.45, 7) is 1.17. The van der Waals surface area contributed by atoms with Gasteiger partial charge in [0.15, 0.2) is 0 Å². The Morgan fingerprint density at radius 2 is 1.92 bits per heavy atom. The van der Waals surface area contributed by atoms with Gasteiger partial charge in [0.05, 0.1) is 4.90 Å². The summed E-state index contributed by atoms with van der Waals surface area (Å²) in [4.78, 5) is 22.2. The number of nitrogens with zero attached hydrogens (tertiary/aromatic N) is 1. The van der Waals surface area contributed by atoms with Gasteiger partial charge >= 0.3 is 0 Å². The smallest absolute Gasteiger partial charge is 0.290 e. The first-order valence-electron chi connectivity index (χ1n) is 7.95. The van der Waals surface area contributed by atoms with Gasteiger partial charge in [-0.3, -0.25) is 9.59 Å². The molecule has 3 N–H and O–H groups in total. The maximum absolute atomic E-state index is 12.3. The van der Waals surface area contributed by atoms with E-state index < -0.39 is 10.0 Å². The molecule has 1 unspecified atom stereocenters. The van der Waals surface area contributed by atoms with Crippen molar-refractivity contribution in [2.45, 2.75) is 30.2 Å². The summed E-state index contributed by atoms with van der Waals surface area (Å²) < 4.78 is 27.3. The molecule has 0 radical (unpaired) electrons. The summed E-state index contributed by atoms with van der Waals surface area (Å²) in [6, 6.07) is 6.18. The van der Waals surface area contributed by atoms with E-state index in [0.717, 1.165) is 19.4 Å². The minimum atomic E-state index is -3.54. The Labute approximate surface area is 148 Å². The number of hydrogen-bond acceptors (Lipinski definition) is 5. The quantitative estimate of drug-likeness (QED) is 0.650. The standard InChI is InChI=1S/C15H23N3O3S.CH2O2/c1-16-15(19)12-6-8-14(9-7-12)22(20,21)17-11-13-5-3-4-10-18(13)2;2-1-3/h6-9,13,17H,3-5,10-11H2,1-2H3,(H,16,19);1H,(H,2,3). The molecule has 8 nitrogen and oxygen atoms in total. The number of carboxylic acid groups (broad SMARTS) is 1. The van der Waals surface area contributed by atoms with Crippen molar-refractivity contribution < 1.29 is 23.1 Å². The SMILES string of the molecule is CNC(=O)c1ccc(S(=O)(=O)NCC2CCCCN2C)cc1.O=CO. The van der Waals surface area contributed by atoms with Crippen molar-refractivity contribution >= 4 is 22.4 Å². The van der Waals surface area contributed by atoms with Gasteiger partial charge in [-0.25, -0.2) is 13.1 Å². The van der Waals surface area contributed by atoms with Crippen LogP contribution in [0.4, 0.5) is 0 Å². The van der Waals surface area contributed by atoms with E-state index in [9.17, 15) is 13.2 Å². The van der Waals surface area contributed by atoms with Crippen LogP contribution in [-0.2, 0) is 14.8 Å². The molecule has 1 aliphatic heterocycles. The van der Waals surface area contributed by atoms with E-state index in [-0.39, 0.29) is 23.3 Å². The van der Waals surface area contributed by atoms with Crippen LogP contribution in [0.5, 0.6) is 0 Å². The molecule has 1 saturated heterocycles. The van der Waals surface area contributed by atoms with Crippen LogP contribution in [0, 0.1) is 0 Å². The molecule has 2 rings (SSSR count). The van der Waals surface area contributed by atoms with Crippen LogP contribution < -0.4 is 10.0 Å². The van der Waals surface area contributed by atoms with Gasteiger partial charge in [0.2, 0.25) is 10.0 Å². The number of piperidine rings is 1. The fourth-order valence-corrected chi connectivity index (χ4v) is 3.69. The summed E-state index contributed by atoms with van der Waals surface area (Å²) in [5.41, 5.74) is 0.438. The number of amides is 1. The van der Waals surface area contributed by atoms with E-state index >= 15 is 0 Å². The predicted octanol–water partition coefficient (Wildman–Crippen LogP) is 0.510. The molecule has 0 spiro atoms. The monoisotopic (exact) mass is 371 g/mol. The van der Waals surface area contributed by atoms with Gasteiger partial charge in [-0.15, -0.1) is 0 Å². The van der Waals surface area contributed by atoms with E-state index in [0.29, 0.717) is 12.1 Å². The highest BCUT2D eigenvalue weighted by molar-refractivity contribution is 7.89. The van der Waals surface area contributed by atoms with Crippen molar-refractivity contribution in [3.05, 3.63) is 29.8 Å². The second-order valence-corrected chi connectivity index (χ2v) is 7.46. The number of likely N-dealkylation sites (N-methyl/N-ethyl adjacent to an activating group) is 1. The zero-order valence-electron chi connectivity index (χ0n) is 14.4. The van der Waals surface area contributed by atoms with Crippen molar-refractivity contribution in [1.82, 2.24) is 14.9 Å². The summed E-state index contributed by atoms with van der Waals surface area (Å²) in [5.74, 6) is -0.235. The fourth-order valence-electron chi connectivity index (χ4n) is 2.62. The highest BCUT2D eigenvalue weighted by Gasteiger charge is 2.22. The number of sulfonamides is 1. The Kier molecular flexibility index (Phi) is 8.53. The third kappa shape index (κ3) is 6.45. The average Bonchev–Trinajstić information content (AvgIpc) is 2.61. The molecule has 1 fully saturated rings. The van der Waals surface area contributed by atoms with Crippen LogP contribution in [-0.4, -0.2) is 64.0 Å². The van der Waals surface area contributed by atoms with Crippen LogP contribution in [0.15, 0.2) is 29.2 Å². The summed E-state index contributed by atoms with van der Waals surface area (Å²) in [6.07, 6.45) is 3.31. The van der Waals surface area contributed by atoms with Gasteiger partial charge in [0, 0.05) is 25.2 Å². The lowest BCUT2D eigenvalue weighted by Crippen LogP contribution is -2.44. The number of hydrogen-bond donors (Lipinski definition) is 3. The Balaban J connectivity index is 0.000000970. The molecule has 0 saturated carbocycles. The number of benzene rings is 1. The Morgan fingerprint density at radius 3 is 2.44 bits per heavy atom. The molecule has 1 atom stereocenters. The largest absolute Gasteiger partial charge is 0.483 e. The van der Waals surface area contributed by atoms with Gasteiger partial charge in [-0.1, -0.05) is 6.42 Å². The van der Waals surface area contributed by atoms with E-state index in [1.165, 1.54) is 37.7 Å². The summed E-state index contributed by atoms with van der Waals surface area (Å²) in [5, 5.41) is 9.39. The van der Waals surface area contributed by atoms with Crippen molar-refractivity contribution in [2.24, 2.45) is 0 Å². The van der Waals surface area contributed by atoms with Gasteiger partial charge in [0.1, 0.15) is 0 Å². The molecular weight excluding hydrogens is 346 g/mol. The highest BCUT2D eigenvalue weighted by atomic mass is 32.2. The Hall–Kier alpha value is -1.97. The first-order valence-corrected chi connectivity index (χ1v) is 9.44. The number of likely N-dealkylation sites (tertiary alicyclic amines) is 1. The molecule has 1 aromatic carbocycles. The number of rotatable bonds is 5. The molecule has 1 aliphatic rings. The van der Waals surface area contributed by atoms with Crippen molar-refractivity contribution in [3.63, 3.8) is 0 Å². The van der Waals surface area contributed by atoms with Crippen LogP contribution in [0.25, 0.3) is 0 Å². The molecule has 140 valence electrons. The predicted molar refractivity (Wildman–Crippen MR) is 94.0 cm³/mol. The second kappa shape index (κ2) is 10.1. The van der Waals surface area contributed by atoms with Crippen LogP contribution in [0.3, 0.4) is 0 Å². The van der Waals surface area contributed by atoms with E-state index in [1.807, 2.05) is 7.05 Å². The molecule has 25 heavy (non-hydrogen) atoms. The van der Waals surface area contributed by atoms with Gasteiger partial charge in [-0.05, 0) is 50.7 Å². The minimum Gasteiger partial charge on any atom is -0.483 e. The van der Waals surface area contributed by atoms with E-state index in [4.69, 9.17) is 9.90 Å². The zero-order chi connectivity index (χ0) is 18.9.